The van der Waals surface area contributed by atoms with E-state index in [1.54, 1.807) is 0 Å². The van der Waals surface area contributed by atoms with Crippen LogP contribution in [0.4, 0.5) is 4.79 Å². The number of nitrogens with one attached hydrogen (secondary N) is 1. The molecule has 1 aliphatic rings. The van der Waals surface area contributed by atoms with Crippen LogP contribution in [0.1, 0.15) is 11.1 Å². The van der Waals surface area contributed by atoms with Gasteiger partial charge in [-0.1, -0.05) is 42.5 Å². The fraction of sp³-hybridized carbons (Fsp3) is 0.278. The van der Waals surface area contributed by atoms with Crippen LogP contribution in [0, 0.1) is 0 Å². The normalized spacial score (nSPS) is 17.3. The fourth-order valence-electron chi connectivity index (χ4n) is 2.48. The number of carboxylic acid groups (broad SMARTS) is 1. The van der Waals surface area contributed by atoms with Crippen molar-refractivity contribution in [1.82, 2.24) is 5.32 Å². The Morgan fingerprint density at radius 1 is 1.22 bits per heavy atom. The lowest BCUT2D eigenvalue weighted by molar-refractivity contribution is 0.186. The molecule has 120 valence electrons. The molecule has 1 aliphatic heterocycles. The number of epoxide rings is 1. The summed E-state index contributed by atoms with van der Waals surface area (Å²) in [5, 5.41) is 11.4. The van der Waals surface area contributed by atoms with E-state index in [2.05, 4.69) is 5.32 Å². The fourth-order valence-corrected chi connectivity index (χ4v) is 2.48. The molecule has 0 saturated carbocycles. The van der Waals surface area contributed by atoms with Gasteiger partial charge in [0.25, 0.3) is 0 Å². The van der Waals surface area contributed by atoms with Gasteiger partial charge in [-0.15, -0.1) is 0 Å². The molecule has 1 saturated heterocycles. The van der Waals surface area contributed by atoms with Gasteiger partial charge < -0.3 is 19.9 Å². The van der Waals surface area contributed by atoms with Crippen molar-refractivity contribution in [1.29, 1.82) is 0 Å². The van der Waals surface area contributed by atoms with Crippen molar-refractivity contribution in [3.8, 4) is 5.75 Å². The largest absolute Gasteiger partial charge is 0.489 e. The molecule has 2 N–H and O–H groups in total. The van der Waals surface area contributed by atoms with Crippen LogP contribution in [-0.2, 0) is 17.8 Å². The average molecular weight is 313 g/mol. The highest BCUT2D eigenvalue weighted by Gasteiger charge is 2.33. The Bertz CT molecular complexity index is 655. The highest BCUT2D eigenvalue weighted by atomic mass is 16.6. The Labute approximate surface area is 134 Å². The van der Waals surface area contributed by atoms with Gasteiger partial charge in [0.15, 0.2) is 0 Å². The number of amides is 1. The quantitative estimate of drug-likeness (QED) is 0.771. The molecule has 0 unspecified atom stereocenters. The lowest BCUT2D eigenvalue weighted by Gasteiger charge is -2.15. The first-order valence-corrected chi connectivity index (χ1v) is 7.57. The van der Waals surface area contributed by atoms with Crippen molar-refractivity contribution in [3.63, 3.8) is 0 Å². The first-order chi connectivity index (χ1) is 11.2. The molecule has 1 amide bonds. The second-order valence-corrected chi connectivity index (χ2v) is 5.55. The van der Waals surface area contributed by atoms with E-state index in [-0.39, 0.29) is 12.1 Å². The van der Waals surface area contributed by atoms with Gasteiger partial charge in [0.1, 0.15) is 18.5 Å². The van der Waals surface area contributed by atoms with Crippen molar-refractivity contribution < 1.29 is 19.4 Å². The summed E-state index contributed by atoms with van der Waals surface area (Å²) in [5.74, 6) is 0.775. The summed E-state index contributed by atoms with van der Waals surface area (Å²) in [6.45, 7) is 1.11. The van der Waals surface area contributed by atoms with Crippen LogP contribution in [0.2, 0.25) is 0 Å². The molecule has 2 aromatic carbocycles. The van der Waals surface area contributed by atoms with Crippen molar-refractivity contribution >= 4 is 6.09 Å². The highest BCUT2D eigenvalue weighted by molar-refractivity contribution is 5.65. The lowest BCUT2D eigenvalue weighted by Crippen LogP contribution is -2.39. The van der Waals surface area contributed by atoms with E-state index in [1.807, 2.05) is 54.6 Å². The molecule has 1 fully saturated rings. The summed E-state index contributed by atoms with van der Waals surface area (Å²) in [6.07, 6.45) is -0.471. The third kappa shape index (κ3) is 4.72. The van der Waals surface area contributed by atoms with Gasteiger partial charge in [0.2, 0.25) is 0 Å². The molecule has 1 heterocycles. The van der Waals surface area contributed by atoms with Crippen LogP contribution < -0.4 is 10.1 Å². The maximum absolute atomic E-state index is 10.9. The Hall–Kier alpha value is -2.53. The SMILES string of the molecule is O=C(O)N[C@@H](Cc1cccc(OCc2ccccc2)c1)[C@H]1CO1. The smallest absolute Gasteiger partial charge is 0.404 e. The summed E-state index contributed by atoms with van der Waals surface area (Å²) in [6, 6.07) is 17.5. The van der Waals surface area contributed by atoms with Crippen LogP contribution in [0.3, 0.4) is 0 Å². The van der Waals surface area contributed by atoms with Crippen molar-refractivity contribution in [3.05, 3.63) is 65.7 Å². The minimum Gasteiger partial charge on any atom is -0.489 e. The molecule has 0 bridgehead atoms. The Morgan fingerprint density at radius 3 is 2.65 bits per heavy atom. The number of carbonyl (C=O) groups is 1. The number of hydrogen-bond acceptors (Lipinski definition) is 3. The van der Waals surface area contributed by atoms with E-state index in [4.69, 9.17) is 14.6 Å². The summed E-state index contributed by atoms with van der Waals surface area (Å²) < 4.78 is 11.0. The highest BCUT2D eigenvalue weighted by Crippen LogP contribution is 2.21. The van der Waals surface area contributed by atoms with Gasteiger partial charge in [-0.3, -0.25) is 0 Å². The van der Waals surface area contributed by atoms with E-state index in [0.29, 0.717) is 19.6 Å². The molecule has 2 aromatic rings. The molecule has 23 heavy (non-hydrogen) atoms. The third-order valence-corrected chi connectivity index (χ3v) is 3.72. The summed E-state index contributed by atoms with van der Waals surface area (Å²) in [7, 11) is 0. The zero-order valence-electron chi connectivity index (χ0n) is 12.6. The second-order valence-electron chi connectivity index (χ2n) is 5.55. The third-order valence-electron chi connectivity index (χ3n) is 3.72. The number of benzene rings is 2. The van der Waals surface area contributed by atoms with E-state index in [9.17, 15) is 4.79 Å². The molecule has 5 heteroatoms. The maximum atomic E-state index is 10.9. The van der Waals surface area contributed by atoms with E-state index in [0.717, 1.165) is 16.9 Å². The Morgan fingerprint density at radius 2 is 1.96 bits per heavy atom. The molecular formula is C18H19NO4. The lowest BCUT2D eigenvalue weighted by atomic mass is 10.0. The predicted molar refractivity (Wildman–Crippen MR) is 85.6 cm³/mol. The summed E-state index contributed by atoms with van der Waals surface area (Å²) >= 11 is 0. The van der Waals surface area contributed by atoms with E-state index >= 15 is 0 Å². The van der Waals surface area contributed by atoms with E-state index in [1.165, 1.54) is 0 Å². The second kappa shape index (κ2) is 7.15. The first kappa shape index (κ1) is 15.4. The van der Waals surface area contributed by atoms with Gasteiger partial charge in [0, 0.05) is 0 Å². The van der Waals surface area contributed by atoms with Crippen LogP contribution >= 0.6 is 0 Å². The average Bonchev–Trinajstić information content (AvgIpc) is 3.38. The molecule has 0 spiro atoms. The van der Waals surface area contributed by atoms with Crippen molar-refractivity contribution in [2.24, 2.45) is 0 Å². The van der Waals surface area contributed by atoms with Gasteiger partial charge >= 0.3 is 6.09 Å². The monoisotopic (exact) mass is 313 g/mol. The van der Waals surface area contributed by atoms with Crippen LogP contribution in [0.5, 0.6) is 5.75 Å². The summed E-state index contributed by atoms with van der Waals surface area (Å²) in [4.78, 5) is 10.9. The van der Waals surface area contributed by atoms with Crippen molar-refractivity contribution in [2.75, 3.05) is 6.61 Å². The van der Waals surface area contributed by atoms with Crippen LogP contribution in [-0.4, -0.2) is 30.0 Å². The Balaban J connectivity index is 1.61. The molecular weight excluding hydrogens is 294 g/mol. The maximum Gasteiger partial charge on any atom is 0.404 e. The molecule has 3 rings (SSSR count). The number of hydrogen-bond donors (Lipinski definition) is 2. The number of rotatable bonds is 7. The molecule has 5 nitrogen and oxygen atoms in total. The number of ether oxygens (including phenoxy) is 2. The minimum absolute atomic E-state index is 0.0278. The van der Waals surface area contributed by atoms with Gasteiger partial charge in [0.05, 0.1) is 12.6 Å². The van der Waals surface area contributed by atoms with Crippen LogP contribution in [0.15, 0.2) is 54.6 Å². The molecule has 0 aliphatic carbocycles. The Kier molecular flexibility index (Phi) is 4.78. The van der Waals surface area contributed by atoms with Crippen molar-refractivity contribution in [2.45, 2.75) is 25.2 Å². The van der Waals surface area contributed by atoms with Gasteiger partial charge in [-0.2, -0.15) is 0 Å². The standard InChI is InChI=1S/C18H19NO4/c20-18(21)19-16(17-12-23-17)10-14-7-4-8-15(9-14)22-11-13-5-2-1-3-6-13/h1-9,16-17,19H,10-12H2,(H,20,21)/t16-,17+/m0/s1. The van der Waals surface area contributed by atoms with Gasteiger partial charge in [-0.05, 0) is 29.7 Å². The van der Waals surface area contributed by atoms with Gasteiger partial charge in [-0.25, -0.2) is 4.79 Å². The molecule has 2 atom stereocenters. The zero-order valence-corrected chi connectivity index (χ0v) is 12.6. The first-order valence-electron chi connectivity index (χ1n) is 7.57. The topological polar surface area (TPSA) is 71.1 Å². The summed E-state index contributed by atoms with van der Waals surface area (Å²) in [5.41, 5.74) is 2.12. The zero-order chi connectivity index (χ0) is 16.1. The van der Waals surface area contributed by atoms with Crippen LogP contribution in [0.25, 0.3) is 0 Å². The molecule has 0 aromatic heterocycles. The molecule has 0 radical (unpaired) electrons. The minimum atomic E-state index is -1.03. The van der Waals surface area contributed by atoms with E-state index < -0.39 is 6.09 Å². The predicted octanol–water partition coefficient (Wildman–Crippen LogP) is 2.84.